The van der Waals surface area contributed by atoms with Crippen molar-refractivity contribution in [3.8, 4) is 0 Å². The van der Waals surface area contributed by atoms with E-state index in [-0.39, 0.29) is 5.04 Å². The Hall–Kier alpha value is 0.0969. The van der Waals surface area contributed by atoms with Gasteiger partial charge in [0.25, 0.3) is 0 Å². The van der Waals surface area contributed by atoms with E-state index in [1.165, 1.54) is 32.1 Å². The molecule has 0 amide bonds. The van der Waals surface area contributed by atoms with Gasteiger partial charge in [-0.15, -0.1) is 0 Å². The first-order valence-corrected chi connectivity index (χ1v) is 10.0. The average molecular weight is 302 g/mol. The maximum Gasteiger partial charge on any atom is 0.433 e. The van der Waals surface area contributed by atoms with Crippen LogP contribution in [0.4, 0.5) is 0 Å². The molecule has 120 valence electrons. The van der Waals surface area contributed by atoms with Gasteiger partial charge >= 0.3 is 8.72 Å². The number of hydrogen-bond acceptors (Lipinski definition) is 3. The fraction of sp³-hybridized carbons (Fsp3) is 1.00. The smallest absolute Gasteiger partial charge is 0.386 e. The third-order valence-corrected chi connectivity index (χ3v) is 10.3. The molecule has 0 aromatic heterocycles. The molecule has 3 nitrogen and oxygen atoms in total. The van der Waals surface area contributed by atoms with Crippen LogP contribution in [-0.4, -0.2) is 40.1 Å². The molecule has 1 rings (SSSR count). The molecule has 20 heavy (non-hydrogen) atoms. The van der Waals surface area contributed by atoms with Gasteiger partial charge in [0.15, 0.2) is 0 Å². The first-order valence-electron chi connectivity index (χ1n) is 8.24. The minimum Gasteiger partial charge on any atom is -0.386 e. The Labute approximate surface area is 127 Å². The molecule has 1 fully saturated rings. The van der Waals surface area contributed by atoms with Gasteiger partial charge in [-0.05, 0) is 25.3 Å². The molecule has 0 unspecified atom stereocenters. The first-order chi connectivity index (χ1) is 9.37. The molecule has 4 heteroatoms. The minimum absolute atomic E-state index is 0.0595. The lowest BCUT2D eigenvalue weighted by Crippen LogP contribution is -2.67. The van der Waals surface area contributed by atoms with Crippen LogP contribution in [0.2, 0.25) is 5.04 Å². The molecule has 1 aliphatic carbocycles. The lowest BCUT2D eigenvalue weighted by Gasteiger charge is -2.52. The second-order valence-corrected chi connectivity index (χ2v) is 10.8. The molecule has 1 saturated carbocycles. The molecular weight excluding hydrogens is 266 g/mol. The van der Waals surface area contributed by atoms with Gasteiger partial charge in [0.2, 0.25) is 0 Å². The largest absolute Gasteiger partial charge is 0.433 e. The summed E-state index contributed by atoms with van der Waals surface area (Å²) in [5, 5.41) is 0.0595. The second-order valence-electron chi connectivity index (χ2n) is 6.94. The summed E-state index contributed by atoms with van der Waals surface area (Å²) in [5.41, 5.74) is 0. The summed E-state index contributed by atoms with van der Waals surface area (Å²) in [7, 11) is 1.29. The quantitative estimate of drug-likeness (QED) is 0.654. The van der Waals surface area contributed by atoms with Crippen molar-refractivity contribution in [2.45, 2.75) is 77.8 Å². The third kappa shape index (κ3) is 3.13. The van der Waals surface area contributed by atoms with E-state index in [1.807, 2.05) is 14.2 Å². The molecule has 0 radical (unpaired) electrons. The number of rotatable bonds is 7. The Morgan fingerprint density at radius 3 is 1.95 bits per heavy atom. The van der Waals surface area contributed by atoms with Crippen molar-refractivity contribution in [1.82, 2.24) is 4.57 Å². The Morgan fingerprint density at radius 1 is 1.10 bits per heavy atom. The number of nitrogens with zero attached hydrogens (tertiary/aromatic N) is 1. The highest BCUT2D eigenvalue weighted by Crippen LogP contribution is 2.47. The molecule has 0 N–H and O–H groups in total. The zero-order chi connectivity index (χ0) is 15.4. The fourth-order valence-electron chi connectivity index (χ4n) is 3.68. The molecular formula is C16H35NO2Si. The van der Waals surface area contributed by atoms with Crippen molar-refractivity contribution in [3.63, 3.8) is 0 Å². The molecule has 1 aliphatic rings. The van der Waals surface area contributed by atoms with Crippen molar-refractivity contribution in [3.05, 3.63) is 0 Å². The Kier molecular flexibility index (Phi) is 6.70. The Morgan fingerprint density at radius 2 is 1.60 bits per heavy atom. The van der Waals surface area contributed by atoms with E-state index in [4.69, 9.17) is 8.85 Å². The van der Waals surface area contributed by atoms with E-state index >= 15 is 0 Å². The zero-order valence-electron chi connectivity index (χ0n) is 14.7. The van der Waals surface area contributed by atoms with Crippen LogP contribution in [-0.2, 0) is 8.85 Å². The van der Waals surface area contributed by atoms with Crippen molar-refractivity contribution >= 4 is 8.72 Å². The topological polar surface area (TPSA) is 21.7 Å². The monoisotopic (exact) mass is 301 g/mol. The SMILES string of the molecule is CCN(C1CCCCC1)[Si](OC)(OC)C(C)(C)C(C)C. The molecule has 0 aliphatic heterocycles. The van der Waals surface area contributed by atoms with Gasteiger partial charge in [0.1, 0.15) is 0 Å². The van der Waals surface area contributed by atoms with Gasteiger partial charge in [-0.1, -0.05) is 53.9 Å². The second kappa shape index (κ2) is 7.39. The minimum atomic E-state index is -2.42. The fourth-order valence-corrected chi connectivity index (χ4v) is 7.99. The van der Waals surface area contributed by atoms with Gasteiger partial charge < -0.3 is 8.85 Å². The summed E-state index contributed by atoms with van der Waals surface area (Å²) in [5.74, 6) is 0.534. The highest BCUT2D eigenvalue weighted by Gasteiger charge is 2.58. The molecule has 0 aromatic carbocycles. The third-order valence-electron chi connectivity index (χ3n) is 5.55. The van der Waals surface area contributed by atoms with Crippen LogP contribution in [0.15, 0.2) is 0 Å². The first kappa shape index (κ1) is 18.1. The van der Waals surface area contributed by atoms with Crippen LogP contribution in [0.25, 0.3) is 0 Å². The van der Waals surface area contributed by atoms with Gasteiger partial charge in [0.05, 0.1) is 0 Å². The van der Waals surface area contributed by atoms with Crippen LogP contribution >= 0.6 is 0 Å². The summed E-state index contributed by atoms with van der Waals surface area (Å²) < 4.78 is 14.9. The van der Waals surface area contributed by atoms with Crippen molar-refractivity contribution in [2.75, 3.05) is 20.8 Å². The summed E-state index contributed by atoms with van der Waals surface area (Å²) in [6, 6.07) is 0.637. The van der Waals surface area contributed by atoms with Crippen molar-refractivity contribution in [2.24, 2.45) is 5.92 Å². The molecule has 0 heterocycles. The average Bonchev–Trinajstić information content (AvgIpc) is 2.45. The van der Waals surface area contributed by atoms with Crippen molar-refractivity contribution in [1.29, 1.82) is 0 Å². The van der Waals surface area contributed by atoms with E-state index in [0.29, 0.717) is 12.0 Å². The Balaban J connectivity index is 3.13. The lowest BCUT2D eigenvalue weighted by atomic mass is 9.95. The van der Waals surface area contributed by atoms with E-state index in [1.54, 1.807) is 0 Å². The van der Waals surface area contributed by atoms with Gasteiger partial charge in [-0.2, -0.15) is 0 Å². The van der Waals surface area contributed by atoms with Crippen LogP contribution in [0.5, 0.6) is 0 Å². The zero-order valence-corrected chi connectivity index (χ0v) is 15.7. The summed E-state index contributed by atoms with van der Waals surface area (Å²) in [6.07, 6.45) is 6.67. The molecule has 0 atom stereocenters. The predicted molar refractivity (Wildman–Crippen MR) is 87.9 cm³/mol. The summed E-state index contributed by atoms with van der Waals surface area (Å²) in [6.45, 7) is 12.5. The van der Waals surface area contributed by atoms with Gasteiger partial charge in [0, 0.05) is 25.3 Å². The van der Waals surface area contributed by atoms with E-state index in [2.05, 4.69) is 39.2 Å². The summed E-state index contributed by atoms with van der Waals surface area (Å²) in [4.78, 5) is 0. The highest BCUT2D eigenvalue weighted by atomic mass is 28.4. The molecule has 0 bridgehead atoms. The predicted octanol–water partition coefficient (Wildman–Crippen LogP) is 4.31. The number of hydrogen-bond donors (Lipinski definition) is 0. The van der Waals surface area contributed by atoms with Gasteiger partial charge in [-0.25, -0.2) is 0 Å². The molecule has 0 aromatic rings. The van der Waals surface area contributed by atoms with Crippen LogP contribution in [0.3, 0.4) is 0 Å². The normalized spacial score (nSPS) is 19.1. The highest BCUT2D eigenvalue weighted by molar-refractivity contribution is 6.67. The van der Waals surface area contributed by atoms with E-state index in [0.717, 1.165) is 6.54 Å². The molecule has 0 spiro atoms. The van der Waals surface area contributed by atoms with E-state index in [9.17, 15) is 0 Å². The maximum absolute atomic E-state index is 6.16. The summed E-state index contributed by atoms with van der Waals surface area (Å²) >= 11 is 0. The molecule has 0 saturated heterocycles. The standard InChI is InChI=1S/C16H35NO2Si/c1-8-17(15-12-10-9-11-13-15)20(18-6,19-7)16(4,5)14(2)3/h14-15H,8-13H2,1-7H3. The van der Waals surface area contributed by atoms with Crippen LogP contribution in [0, 0.1) is 5.92 Å². The van der Waals surface area contributed by atoms with Crippen LogP contribution in [0.1, 0.15) is 66.7 Å². The van der Waals surface area contributed by atoms with E-state index < -0.39 is 8.72 Å². The lowest BCUT2D eigenvalue weighted by molar-refractivity contribution is 0.0905. The maximum atomic E-state index is 6.16. The van der Waals surface area contributed by atoms with Crippen LogP contribution < -0.4 is 0 Å². The van der Waals surface area contributed by atoms with Gasteiger partial charge in [-0.3, -0.25) is 4.57 Å². The van der Waals surface area contributed by atoms with Crippen molar-refractivity contribution < 1.29 is 8.85 Å². The Bertz CT molecular complexity index is 284.